The van der Waals surface area contributed by atoms with Crippen molar-refractivity contribution in [1.82, 2.24) is 20.0 Å². The van der Waals surface area contributed by atoms with Gasteiger partial charge < -0.3 is 20.0 Å². The Morgan fingerprint density at radius 2 is 1.84 bits per heavy atom. The van der Waals surface area contributed by atoms with E-state index in [4.69, 9.17) is 4.99 Å². The van der Waals surface area contributed by atoms with E-state index < -0.39 is 0 Å². The van der Waals surface area contributed by atoms with Gasteiger partial charge in [-0.25, -0.2) is 0 Å². The standard InChI is InChI=1S/C20H41N5/c1-6-21-20(25-8-7-19(16-25)13-17(2)3)22-14-18(4)15-24-11-9-23(5)10-12-24/h17-19H,6-16H2,1-5H3,(H,21,22). The first-order valence-electron chi connectivity index (χ1n) is 10.4. The fourth-order valence-electron chi connectivity index (χ4n) is 4.08. The molecule has 2 aliphatic rings. The van der Waals surface area contributed by atoms with Crippen molar-refractivity contribution < 1.29 is 0 Å². The molecule has 0 aromatic heterocycles. The van der Waals surface area contributed by atoms with E-state index in [0.717, 1.165) is 37.4 Å². The first-order valence-corrected chi connectivity index (χ1v) is 10.4. The summed E-state index contributed by atoms with van der Waals surface area (Å²) in [6.07, 6.45) is 2.66. The summed E-state index contributed by atoms with van der Waals surface area (Å²) < 4.78 is 0. The van der Waals surface area contributed by atoms with E-state index >= 15 is 0 Å². The molecular formula is C20H41N5. The smallest absolute Gasteiger partial charge is 0.193 e. The molecule has 2 fully saturated rings. The van der Waals surface area contributed by atoms with Crippen LogP contribution >= 0.6 is 0 Å². The van der Waals surface area contributed by atoms with Gasteiger partial charge in [-0.05, 0) is 44.6 Å². The number of likely N-dealkylation sites (tertiary alicyclic amines) is 1. The molecule has 25 heavy (non-hydrogen) atoms. The van der Waals surface area contributed by atoms with E-state index in [1.165, 1.54) is 52.1 Å². The fourth-order valence-corrected chi connectivity index (χ4v) is 4.08. The largest absolute Gasteiger partial charge is 0.357 e. The third kappa shape index (κ3) is 7.14. The lowest BCUT2D eigenvalue weighted by atomic mass is 9.97. The van der Waals surface area contributed by atoms with Crippen LogP contribution < -0.4 is 5.32 Å². The Bertz CT molecular complexity index is 401. The van der Waals surface area contributed by atoms with Gasteiger partial charge in [-0.3, -0.25) is 4.99 Å². The number of hydrogen-bond donors (Lipinski definition) is 1. The number of nitrogens with one attached hydrogen (secondary N) is 1. The summed E-state index contributed by atoms with van der Waals surface area (Å²) in [6, 6.07) is 0. The third-order valence-electron chi connectivity index (χ3n) is 5.44. The molecule has 0 amide bonds. The molecule has 0 spiro atoms. The van der Waals surface area contributed by atoms with Crippen LogP contribution in [0.1, 0.15) is 40.5 Å². The molecule has 0 aliphatic carbocycles. The second kappa shape index (κ2) is 10.4. The van der Waals surface area contributed by atoms with Crippen molar-refractivity contribution in [1.29, 1.82) is 0 Å². The lowest BCUT2D eigenvalue weighted by molar-refractivity contribution is 0.140. The normalized spacial score (nSPS) is 25.0. The molecule has 0 saturated carbocycles. The number of nitrogens with zero attached hydrogens (tertiary/aromatic N) is 4. The number of likely N-dealkylation sites (N-methyl/N-ethyl adjacent to an activating group) is 1. The van der Waals surface area contributed by atoms with Crippen LogP contribution in [0.25, 0.3) is 0 Å². The van der Waals surface area contributed by atoms with E-state index in [2.05, 4.69) is 54.8 Å². The zero-order valence-electron chi connectivity index (χ0n) is 17.3. The molecule has 2 heterocycles. The maximum Gasteiger partial charge on any atom is 0.193 e. The summed E-state index contributed by atoms with van der Waals surface area (Å²) in [5, 5.41) is 3.52. The van der Waals surface area contributed by atoms with Gasteiger partial charge in [-0.2, -0.15) is 0 Å². The van der Waals surface area contributed by atoms with Gasteiger partial charge in [0.05, 0.1) is 0 Å². The molecule has 146 valence electrons. The van der Waals surface area contributed by atoms with E-state index in [1.54, 1.807) is 0 Å². The second-order valence-corrected chi connectivity index (χ2v) is 8.63. The zero-order valence-corrected chi connectivity index (χ0v) is 17.3. The van der Waals surface area contributed by atoms with Gasteiger partial charge in [0.25, 0.3) is 0 Å². The maximum atomic E-state index is 4.98. The van der Waals surface area contributed by atoms with E-state index in [0.29, 0.717) is 5.92 Å². The van der Waals surface area contributed by atoms with E-state index in [-0.39, 0.29) is 0 Å². The Morgan fingerprint density at radius 1 is 1.12 bits per heavy atom. The van der Waals surface area contributed by atoms with Gasteiger partial charge in [0.1, 0.15) is 0 Å². The maximum absolute atomic E-state index is 4.98. The Kier molecular flexibility index (Phi) is 8.50. The van der Waals surface area contributed by atoms with Crippen molar-refractivity contribution in [2.75, 3.05) is 66.0 Å². The third-order valence-corrected chi connectivity index (χ3v) is 5.44. The molecule has 2 atom stereocenters. The van der Waals surface area contributed by atoms with Crippen molar-refractivity contribution >= 4 is 5.96 Å². The van der Waals surface area contributed by atoms with E-state index in [1.807, 2.05) is 0 Å². The van der Waals surface area contributed by atoms with Gasteiger partial charge in [0, 0.05) is 58.9 Å². The SMILES string of the molecule is CCNC(=NCC(C)CN1CCN(C)CC1)N1CCC(CC(C)C)C1. The summed E-state index contributed by atoms with van der Waals surface area (Å²) in [6.45, 7) is 19.4. The van der Waals surface area contributed by atoms with Gasteiger partial charge in [-0.15, -0.1) is 0 Å². The average Bonchev–Trinajstić information content (AvgIpc) is 3.01. The van der Waals surface area contributed by atoms with Crippen molar-refractivity contribution in [3.63, 3.8) is 0 Å². The van der Waals surface area contributed by atoms with Crippen LogP contribution in [0.15, 0.2) is 4.99 Å². The molecule has 0 radical (unpaired) electrons. The summed E-state index contributed by atoms with van der Waals surface area (Å²) in [7, 11) is 2.22. The summed E-state index contributed by atoms with van der Waals surface area (Å²) >= 11 is 0. The number of piperazine rings is 1. The minimum absolute atomic E-state index is 0.617. The van der Waals surface area contributed by atoms with E-state index in [9.17, 15) is 0 Å². The highest BCUT2D eigenvalue weighted by molar-refractivity contribution is 5.80. The summed E-state index contributed by atoms with van der Waals surface area (Å²) in [4.78, 5) is 12.5. The highest BCUT2D eigenvalue weighted by Gasteiger charge is 2.25. The van der Waals surface area contributed by atoms with Crippen LogP contribution in [0.4, 0.5) is 0 Å². The van der Waals surface area contributed by atoms with Crippen LogP contribution in [0.3, 0.4) is 0 Å². The van der Waals surface area contributed by atoms with Crippen molar-refractivity contribution in [2.45, 2.75) is 40.5 Å². The highest BCUT2D eigenvalue weighted by Crippen LogP contribution is 2.23. The Hall–Kier alpha value is -0.810. The predicted molar refractivity (Wildman–Crippen MR) is 108 cm³/mol. The quantitative estimate of drug-likeness (QED) is 0.563. The Labute approximate surface area is 155 Å². The van der Waals surface area contributed by atoms with Crippen LogP contribution in [0, 0.1) is 17.8 Å². The number of guanidine groups is 1. The molecule has 0 aromatic carbocycles. The lowest BCUT2D eigenvalue weighted by Gasteiger charge is -2.33. The van der Waals surface area contributed by atoms with Gasteiger partial charge in [-0.1, -0.05) is 20.8 Å². The Balaban J connectivity index is 1.80. The first-order chi connectivity index (χ1) is 12.0. The number of rotatable bonds is 7. The molecule has 5 heteroatoms. The van der Waals surface area contributed by atoms with Crippen LogP contribution in [-0.4, -0.2) is 86.6 Å². The minimum atomic E-state index is 0.617. The van der Waals surface area contributed by atoms with Crippen LogP contribution in [0.2, 0.25) is 0 Å². The van der Waals surface area contributed by atoms with Gasteiger partial charge in [0.15, 0.2) is 5.96 Å². The Morgan fingerprint density at radius 3 is 2.48 bits per heavy atom. The average molecular weight is 352 g/mol. The van der Waals surface area contributed by atoms with Crippen LogP contribution in [-0.2, 0) is 0 Å². The van der Waals surface area contributed by atoms with Crippen molar-refractivity contribution in [3.05, 3.63) is 0 Å². The zero-order chi connectivity index (χ0) is 18.2. The summed E-state index contributed by atoms with van der Waals surface area (Å²) in [5.74, 6) is 3.39. The molecule has 0 aromatic rings. The van der Waals surface area contributed by atoms with Crippen molar-refractivity contribution in [3.8, 4) is 0 Å². The van der Waals surface area contributed by atoms with Gasteiger partial charge >= 0.3 is 0 Å². The molecule has 2 saturated heterocycles. The number of hydrogen-bond acceptors (Lipinski definition) is 3. The molecule has 2 rings (SSSR count). The fraction of sp³-hybridized carbons (Fsp3) is 0.950. The molecule has 2 unspecified atom stereocenters. The second-order valence-electron chi connectivity index (χ2n) is 8.63. The topological polar surface area (TPSA) is 34.1 Å². The molecule has 2 aliphatic heterocycles. The first kappa shape index (κ1) is 20.5. The van der Waals surface area contributed by atoms with Crippen LogP contribution in [0.5, 0.6) is 0 Å². The summed E-state index contributed by atoms with van der Waals surface area (Å²) in [5.41, 5.74) is 0. The molecule has 0 bridgehead atoms. The monoisotopic (exact) mass is 351 g/mol. The highest BCUT2D eigenvalue weighted by atomic mass is 15.3. The number of aliphatic imine (C=N–C) groups is 1. The molecule has 5 nitrogen and oxygen atoms in total. The predicted octanol–water partition coefficient (Wildman–Crippen LogP) is 2.20. The molecule has 1 N–H and O–H groups in total. The van der Waals surface area contributed by atoms with Gasteiger partial charge in [0.2, 0.25) is 0 Å². The van der Waals surface area contributed by atoms with Crippen molar-refractivity contribution in [2.24, 2.45) is 22.7 Å². The lowest BCUT2D eigenvalue weighted by Crippen LogP contribution is -2.46. The molecular weight excluding hydrogens is 310 g/mol. The minimum Gasteiger partial charge on any atom is -0.357 e.